The molecule has 2 aliphatic rings. The smallest absolute Gasteiger partial charge is 0.435 e. The first-order chi connectivity index (χ1) is 26.3. The molecule has 9 nitrogen and oxygen atoms in total. The number of aromatic nitrogens is 3. The van der Waals surface area contributed by atoms with Crippen LogP contribution in [0.25, 0.3) is 22.4 Å². The van der Waals surface area contributed by atoms with Crippen molar-refractivity contribution in [2.75, 3.05) is 34.9 Å². The minimum absolute atomic E-state index is 0.0297. The van der Waals surface area contributed by atoms with Gasteiger partial charge in [-0.15, -0.1) is 0 Å². The summed E-state index contributed by atoms with van der Waals surface area (Å²) in [5.41, 5.74) is 4.87. The van der Waals surface area contributed by atoms with Crippen LogP contribution in [0.1, 0.15) is 78.7 Å². The quantitative estimate of drug-likeness (QED) is 0.136. The summed E-state index contributed by atoms with van der Waals surface area (Å²) < 4.78 is 54.7. The number of methoxy groups -OCH3 is 2. The van der Waals surface area contributed by atoms with Crippen LogP contribution in [0.15, 0.2) is 48.5 Å². The molecule has 0 unspecified atom stereocenters. The molecule has 0 radical (unpaired) electrons. The van der Waals surface area contributed by atoms with Crippen LogP contribution in [0, 0.1) is 11.8 Å². The van der Waals surface area contributed by atoms with Gasteiger partial charge in [0.1, 0.15) is 11.5 Å². The number of carbonyl (C=O) groups excluding carboxylic acids is 2. The molecule has 0 bridgehead atoms. The molecule has 2 aliphatic carbocycles. The number of carbonyl (C=O) groups is 2. The zero-order chi connectivity index (χ0) is 39.4. The average Bonchev–Trinajstić information content (AvgIpc) is 3.78. The van der Waals surface area contributed by atoms with Crippen LogP contribution in [-0.4, -0.2) is 66.4 Å². The van der Waals surface area contributed by atoms with Crippen LogP contribution < -0.4 is 14.8 Å². The fourth-order valence-corrected chi connectivity index (χ4v) is 8.21. The number of fused-ring (bicyclic) bond motifs is 1. The second-order valence-corrected chi connectivity index (χ2v) is 15.1. The normalized spacial score (nSPS) is 17.3. The Morgan fingerprint density at radius 2 is 1.67 bits per heavy atom. The second kappa shape index (κ2) is 17.1. The third kappa shape index (κ3) is 8.96. The zero-order valence-corrected chi connectivity index (χ0v) is 32.6. The SMILES string of the molecule is COc1nc(-c2cccc(-c3cccc4c3CC[C@@H]4Cc3nc(OC)c(CC[C@@H](C)C(=O)N(C)C)nc3C(F)(F)F)c2Cl)ccc1CNC[C@@H]1CCC(=O)C1. The third-order valence-electron chi connectivity index (χ3n) is 10.8. The number of alkyl halides is 3. The largest absolute Gasteiger partial charge is 0.481 e. The number of amides is 1. The number of nitrogens with zero attached hydrogens (tertiary/aromatic N) is 4. The van der Waals surface area contributed by atoms with E-state index in [1.54, 1.807) is 28.1 Å². The first kappa shape index (κ1) is 40.1. The van der Waals surface area contributed by atoms with Crippen molar-refractivity contribution in [1.29, 1.82) is 0 Å². The highest BCUT2D eigenvalue weighted by Gasteiger charge is 2.39. The van der Waals surface area contributed by atoms with Gasteiger partial charge in [-0.05, 0) is 79.7 Å². The van der Waals surface area contributed by atoms with Crippen molar-refractivity contribution in [2.24, 2.45) is 11.8 Å². The Labute approximate surface area is 325 Å². The summed E-state index contributed by atoms with van der Waals surface area (Å²) in [5, 5.41) is 3.95. The first-order valence-electron chi connectivity index (χ1n) is 18.7. The van der Waals surface area contributed by atoms with Gasteiger partial charge >= 0.3 is 6.18 Å². The zero-order valence-electron chi connectivity index (χ0n) is 31.9. The van der Waals surface area contributed by atoms with E-state index in [1.165, 1.54) is 12.0 Å². The molecule has 1 fully saturated rings. The highest BCUT2D eigenvalue weighted by atomic mass is 35.5. The summed E-state index contributed by atoms with van der Waals surface area (Å²) >= 11 is 7.15. The Morgan fingerprint density at radius 1 is 0.945 bits per heavy atom. The molecule has 1 N–H and O–H groups in total. The van der Waals surface area contributed by atoms with Gasteiger partial charge in [0, 0.05) is 56.1 Å². The van der Waals surface area contributed by atoms with Crippen LogP contribution in [0.3, 0.4) is 0 Å². The van der Waals surface area contributed by atoms with Crippen LogP contribution >= 0.6 is 11.6 Å². The van der Waals surface area contributed by atoms with Gasteiger partial charge in [0.25, 0.3) is 0 Å². The summed E-state index contributed by atoms with van der Waals surface area (Å²) in [6.45, 7) is 3.05. The number of pyridine rings is 1. The third-order valence-corrected chi connectivity index (χ3v) is 11.2. The molecule has 3 atom stereocenters. The number of ether oxygens (including phenoxy) is 2. The van der Waals surface area contributed by atoms with E-state index in [9.17, 15) is 22.8 Å². The van der Waals surface area contributed by atoms with Crippen LogP contribution in [0.5, 0.6) is 11.8 Å². The summed E-state index contributed by atoms with van der Waals surface area (Å²) in [6, 6.07) is 15.5. The lowest BCUT2D eigenvalue weighted by atomic mass is 9.91. The molecule has 13 heteroatoms. The number of benzene rings is 2. The van der Waals surface area contributed by atoms with E-state index in [0.717, 1.165) is 46.3 Å². The van der Waals surface area contributed by atoms with Gasteiger partial charge < -0.3 is 19.7 Å². The molecule has 4 aromatic rings. The monoisotopic (exact) mass is 777 g/mol. The van der Waals surface area contributed by atoms with Crippen molar-refractivity contribution in [1.82, 2.24) is 25.2 Å². The number of hydrogen-bond donors (Lipinski definition) is 1. The van der Waals surface area contributed by atoms with Crippen molar-refractivity contribution in [3.8, 4) is 34.1 Å². The summed E-state index contributed by atoms with van der Waals surface area (Å²) in [6.07, 6.45) is -0.799. The predicted octanol–water partition coefficient (Wildman–Crippen LogP) is 8.28. The van der Waals surface area contributed by atoms with Gasteiger partial charge in [-0.25, -0.2) is 15.0 Å². The van der Waals surface area contributed by atoms with Crippen molar-refractivity contribution < 1.29 is 32.2 Å². The maximum Gasteiger partial charge on any atom is 0.435 e. The molecule has 55 heavy (non-hydrogen) atoms. The topological polar surface area (TPSA) is 107 Å². The van der Waals surface area contributed by atoms with Crippen LogP contribution in [0.2, 0.25) is 5.02 Å². The molecule has 1 saturated carbocycles. The molecule has 0 aliphatic heterocycles. The molecule has 6 rings (SSSR count). The lowest BCUT2D eigenvalue weighted by Crippen LogP contribution is -2.28. The molecule has 0 spiro atoms. The van der Waals surface area contributed by atoms with E-state index in [1.807, 2.05) is 48.5 Å². The van der Waals surface area contributed by atoms with Crippen molar-refractivity contribution in [2.45, 2.75) is 76.9 Å². The summed E-state index contributed by atoms with van der Waals surface area (Å²) in [4.78, 5) is 38.7. The van der Waals surface area contributed by atoms with Gasteiger partial charge in [-0.1, -0.05) is 61.0 Å². The molecule has 1 amide bonds. The van der Waals surface area contributed by atoms with E-state index in [4.69, 9.17) is 26.1 Å². The van der Waals surface area contributed by atoms with E-state index in [2.05, 4.69) is 15.3 Å². The van der Waals surface area contributed by atoms with E-state index in [0.29, 0.717) is 66.9 Å². The number of rotatable bonds is 14. The summed E-state index contributed by atoms with van der Waals surface area (Å²) in [7, 11) is 6.24. The van der Waals surface area contributed by atoms with Crippen molar-refractivity contribution in [3.63, 3.8) is 0 Å². The Morgan fingerprint density at radius 3 is 2.36 bits per heavy atom. The van der Waals surface area contributed by atoms with E-state index in [-0.39, 0.29) is 41.9 Å². The summed E-state index contributed by atoms with van der Waals surface area (Å²) in [5.74, 6) is 0.456. The van der Waals surface area contributed by atoms with Gasteiger partial charge in [-0.2, -0.15) is 13.2 Å². The maximum absolute atomic E-state index is 14.5. The lowest BCUT2D eigenvalue weighted by molar-refractivity contribution is -0.142. The first-order valence-corrected chi connectivity index (χ1v) is 19.1. The Bertz CT molecular complexity index is 2060. The number of hydrogen-bond acceptors (Lipinski definition) is 8. The van der Waals surface area contributed by atoms with Crippen molar-refractivity contribution in [3.05, 3.63) is 87.3 Å². The number of nitrogens with one attached hydrogen (secondary N) is 1. The number of ketones is 1. The highest BCUT2D eigenvalue weighted by molar-refractivity contribution is 6.36. The van der Waals surface area contributed by atoms with E-state index >= 15 is 0 Å². The molecule has 0 saturated heterocycles. The Hall–Kier alpha value is -4.55. The molecular formula is C42H47ClF3N5O4. The van der Waals surface area contributed by atoms with E-state index < -0.39 is 17.8 Å². The van der Waals surface area contributed by atoms with Crippen LogP contribution in [0.4, 0.5) is 13.2 Å². The van der Waals surface area contributed by atoms with Gasteiger partial charge in [0.05, 0.1) is 30.6 Å². The number of aryl methyl sites for hydroxylation is 1. The van der Waals surface area contributed by atoms with Gasteiger partial charge in [-0.3, -0.25) is 9.59 Å². The fourth-order valence-electron chi connectivity index (χ4n) is 7.88. The minimum atomic E-state index is -4.73. The Balaban J connectivity index is 1.24. The average molecular weight is 778 g/mol. The highest BCUT2D eigenvalue weighted by Crippen LogP contribution is 2.45. The standard InChI is InChI=1S/C42H47ClF3N5O4/c1-24(41(53)51(2)3)12-18-35-40(55-5)50-36(38(48-35)42(44,45)46)21-26-14-17-31-29(26)8-6-9-30(31)32-10-7-11-33(37(32)43)34-19-15-27(39(49-34)54-4)23-47-22-25-13-16-28(52)20-25/h6-11,15,19,24-26,47H,12-14,16-18,20-23H2,1-5H3/t24-,25-,26-/m1/s1. The Kier molecular flexibility index (Phi) is 12.5. The molecule has 2 heterocycles. The molecule has 2 aromatic carbocycles. The molecule has 2 aromatic heterocycles. The van der Waals surface area contributed by atoms with Crippen LogP contribution in [-0.2, 0) is 41.6 Å². The number of halogens is 4. The molecular weight excluding hydrogens is 731 g/mol. The lowest BCUT2D eigenvalue weighted by Gasteiger charge is -2.20. The maximum atomic E-state index is 14.5. The van der Waals surface area contributed by atoms with Crippen molar-refractivity contribution >= 4 is 23.3 Å². The molecule has 292 valence electrons. The van der Waals surface area contributed by atoms with Gasteiger partial charge in [0.15, 0.2) is 5.69 Å². The predicted molar refractivity (Wildman–Crippen MR) is 205 cm³/mol. The fraction of sp³-hybridized carbons (Fsp3) is 0.452. The minimum Gasteiger partial charge on any atom is -0.481 e. The van der Waals surface area contributed by atoms with Gasteiger partial charge in [0.2, 0.25) is 17.7 Å². The second-order valence-electron chi connectivity index (χ2n) is 14.8. The number of Topliss-reactive ketones (excluding diaryl/α,β-unsaturated/α-hetero) is 1.